The number of amides is 1. The van der Waals surface area contributed by atoms with E-state index in [4.69, 9.17) is 9.47 Å². The molecule has 0 N–H and O–H groups in total. The predicted octanol–water partition coefficient (Wildman–Crippen LogP) is 2.65. The van der Waals surface area contributed by atoms with E-state index in [2.05, 4.69) is 4.98 Å². The Morgan fingerprint density at radius 3 is 3.09 bits per heavy atom. The number of pyridine rings is 1. The number of hydrogen-bond donors (Lipinski definition) is 0. The van der Waals surface area contributed by atoms with Gasteiger partial charge in [0.05, 0.1) is 13.2 Å². The molecular weight excluding hydrogens is 299 g/mol. The predicted molar refractivity (Wildman–Crippen MR) is 82.0 cm³/mol. The molecule has 2 aromatic rings. The van der Waals surface area contributed by atoms with Crippen LogP contribution in [0.1, 0.15) is 22.8 Å². The van der Waals surface area contributed by atoms with E-state index in [-0.39, 0.29) is 11.7 Å². The Hall–Kier alpha value is -2.63. The molecule has 0 saturated heterocycles. The number of aromatic nitrogens is 1. The molecule has 0 fully saturated rings. The van der Waals surface area contributed by atoms with E-state index >= 15 is 0 Å². The van der Waals surface area contributed by atoms with Crippen LogP contribution in [0.3, 0.4) is 0 Å². The number of rotatable bonds is 3. The van der Waals surface area contributed by atoms with Crippen molar-refractivity contribution < 1.29 is 18.7 Å². The van der Waals surface area contributed by atoms with Crippen LogP contribution in [0.2, 0.25) is 0 Å². The van der Waals surface area contributed by atoms with Crippen molar-refractivity contribution in [3.63, 3.8) is 0 Å². The van der Waals surface area contributed by atoms with Crippen molar-refractivity contribution in [2.45, 2.75) is 13.5 Å². The van der Waals surface area contributed by atoms with Crippen molar-refractivity contribution in [2.24, 2.45) is 0 Å². The average molecular weight is 316 g/mol. The molecule has 0 atom stereocenters. The second kappa shape index (κ2) is 6.64. The quantitative estimate of drug-likeness (QED) is 0.873. The van der Waals surface area contributed by atoms with Gasteiger partial charge >= 0.3 is 0 Å². The van der Waals surface area contributed by atoms with E-state index in [0.29, 0.717) is 49.1 Å². The highest BCUT2D eigenvalue weighted by atomic mass is 19.1. The minimum Gasteiger partial charge on any atom is -0.491 e. The van der Waals surface area contributed by atoms with Gasteiger partial charge in [0.15, 0.2) is 0 Å². The summed E-state index contributed by atoms with van der Waals surface area (Å²) in [4.78, 5) is 18.4. The van der Waals surface area contributed by atoms with Crippen molar-refractivity contribution in [2.75, 3.05) is 19.8 Å². The summed E-state index contributed by atoms with van der Waals surface area (Å²) in [5.41, 5.74) is 1.15. The topological polar surface area (TPSA) is 51.7 Å². The zero-order valence-electron chi connectivity index (χ0n) is 12.8. The maximum absolute atomic E-state index is 13.4. The Morgan fingerprint density at radius 1 is 1.39 bits per heavy atom. The third-order valence-corrected chi connectivity index (χ3v) is 3.56. The van der Waals surface area contributed by atoms with Crippen molar-refractivity contribution in [3.8, 4) is 11.6 Å². The summed E-state index contributed by atoms with van der Waals surface area (Å²) in [6.07, 6.45) is 1.54. The van der Waals surface area contributed by atoms with Crippen LogP contribution in [-0.4, -0.2) is 35.5 Å². The molecule has 120 valence electrons. The number of carbonyl (C=O) groups excluding carboxylic acids is 1. The van der Waals surface area contributed by atoms with Gasteiger partial charge in [-0.2, -0.15) is 0 Å². The fourth-order valence-corrected chi connectivity index (χ4v) is 2.49. The Balaban J connectivity index is 1.83. The van der Waals surface area contributed by atoms with Crippen molar-refractivity contribution in [3.05, 3.63) is 53.5 Å². The van der Waals surface area contributed by atoms with E-state index in [1.54, 1.807) is 29.3 Å². The molecule has 1 aliphatic heterocycles. The molecule has 0 bridgehead atoms. The van der Waals surface area contributed by atoms with E-state index in [1.165, 1.54) is 12.1 Å². The lowest BCUT2D eigenvalue weighted by Crippen LogP contribution is -2.32. The third-order valence-electron chi connectivity index (χ3n) is 3.56. The molecule has 0 unspecified atom stereocenters. The number of hydrogen-bond acceptors (Lipinski definition) is 4. The Morgan fingerprint density at radius 2 is 2.26 bits per heavy atom. The molecule has 0 aliphatic carbocycles. The number of carbonyl (C=O) groups is 1. The van der Waals surface area contributed by atoms with Gasteiger partial charge < -0.3 is 14.4 Å². The first-order chi connectivity index (χ1) is 11.2. The first-order valence-corrected chi connectivity index (χ1v) is 7.46. The van der Waals surface area contributed by atoms with E-state index in [9.17, 15) is 9.18 Å². The Labute approximate surface area is 133 Å². The van der Waals surface area contributed by atoms with Crippen molar-refractivity contribution in [1.29, 1.82) is 0 Å². The molecule has 3 rings (SSSR count). The molecule has 0 spiro atoms. The van der Waals surface area contributed by atoms with Crippen LogP contribution >= 0.6 is 0 Å². The van der Waals surface area contributed by atoms with Crippen molar-refractivity contribution >= 4 is 5.91 Å². The molecule has 1 aromatic heterocycles. The number of benzene rings is 1. The van der Waals surface area contributed by atoms with Gasteiger partial charge in [-0.25, -0.2) is 9.37 Å². The van der Waals surface area contributed by atoms with Gasteiger partial charge in [-0.3, -0.25) is 4.79 Å². The van der Waals surface area contributed by atoms with Crippen LogP contribution in [0.25, 0.3) is 0 Å². The van der Waals surface area contributed by atoms with Gasteiger partial charge in [-0.05, 0) is 31.2 Å². The lowest BCUT2D eigenvalue weighted by atomic mass is 10.1. The lowest BCUT2D eigenvalue weighted by Gasteiger charge is -2.20. The maximum Gasteiger partial charge on any atom is 0.254 e. The normalized spacial score (nSPS) is 13.7. The fourth-order valence-electron chi connectivity index (χ4n) is 2.49. The number of halogens is 1. The Kier molecular flexibility index (Phi) is 4.41. The standard InChI is InChI=1S/C17H17FN2O3/c1-2-22-16-10-12(5-6-19-16)17(21)20-7-8-23-15-4-3-14(18)9-13(15)11-20/h3-6,9-10H,2,7-8,11H2,1H3. The molecule has 1 aliphatic rings. The van der Waals surface area contributed by atoms with Crippen LogP contribution in [-0.2, 0) is 6.54 Å². The van der Waals surface area contributed by atoms with Crippen LogP contribution in [0, 0.1) is 5.82 Å². The van der Waals surface area contributed by atoms with Crippen LogP contribution in [0.5, 0.6) is 11.6 Å². The lowest BCUT2D eigenvalue weighted by molar-refractivity contribution is 0.0732. The molecule has 0 radical (unpaired) electrons. The highest BCUT2D eigenvalue weighted by Crippen LogP contribution is 2.25. The summed E-state index contributed by atoms with van der Waals surface area (Å²) in [5, 5.41) is 0. The van der Waals surface area contributed by atoms with E-state index in [1.807, 2.05) is 6.92 Å². The Bertz CT molecular complexity index is 721. The molecule has 2 heterocycles. The summed E-state index contributed by atoms with van der Waals surface area (Å²) in [6.45, 7) is 3.44. The molecular formula is C17H17FN2O3. The number of ether oxygens (including phenoxy) is 2. The summed E-state index contributed by atoms with van der Waals surface area (Å²) < 4.78 is 24.3. The summed E-state index contributed by atoms with van der Waals surface area (Å²) in [5.74, 6) is 0.528. The second-order valence-electron chi connectivity index (χ2n) is 5.14. The van der Waals surface area contributed by atoms with Gasteiger partial charge in [0, 0.05) is 29.9 Å². The smallest absolute Gasteiger partial charge is 0.254 e. The van der Waals surface area contributed by atoms with E-state index < -0.39 is 0 Å². The SMILES string of the molecule is CCOc1cc(C(=O)N2CCOc3ccc(F)cc3C2)ccn1. The van der Waals surface area contributed by atoms with Gasteiger partial charge in [0.2, 0.25) is 5.88 Å². The number of fused-ring (bicyclic) bond motifs is 1. The van der Waals surface area contributed by atoms with Gasteiger partial charge in [-0.1, -0.05) is 0 Å². The van der Waals surface area contributed by atoms with Gasteiger partial charge in [0.25, 0.3) is 5.91 Å². The third kappa shape index (κ3) is 3.41. The summed E-state index contributed by atoms with van der Waals surface area (Å²) in [7, 11) is 0. The maximum atomic E-state index is 13.4. The van der Waals surface area contributed by atoms with Gasteiger partial charge in [0.1, 0.15) is 18.2 Å². The summed E-state index contributed by atoms with van der Waals surface area (Å²) >= 11 is 0. The van der Waals surface area contributed by atoms with Crippen LogP contribution in [0.15, 0.2) is 36.5 Å². The highest BCUT2D eigenvalue weighted by Gasteiger charge is 2.22. The average Bonchev–Trinajstić information content (AvgIpc) is 2.76. The zero-order valence-corrected chi connectivity index (χ0v) is 12.8. The molecule has 1 aromatic carbocycles. The van der Waals surface area contributed by atoms with Crippen molar-refractivity contribution in [1.82, 2.24) is 9.88 Å². The summed E-state index contributed by atoms with van der Waals surface area (Å²) in [6, 6.07) is 7.61. The van der Waals surface area contributed by atoms with Crippen LogP contribution < -0.4 is 9.47 Å². The first-order valence-electron chi connectivity index (χ1n) is 7.46. The minimum atomic E-state index is -0.343. The zero-order chi connectivity index (χ0) is 16.2. The molecule has 0 saturated carbocycles. The largest absolute Gasteiger partial charge is 0.491 e. The minimum absolute atomic E-state index is 0.158. The molecule has 5 nitrogen and oxygen atoms in total. The van der Waals surface area contributed by atoms with E-state index in [0.717, 1.165) is 0 Å². The highest BCUT2D eigenvalue weighted by molar-refractivity contribution is 5.94. The van der Waals surface area contributed by atoms with Gasteiger partial charge in [-0.15, -0.1) is 0 Å². The molecule has 6 heteroatoms. The number of nitrogens with zero attached hydrogens (tertiary/aromatic N) is 2. The first kappa shape index (κ1) is 15.3. The molecule has 1 amide bonds. The fraction of sp³-hybridized carbons (Fsp3) is 0.294. The second-order valence-corrected chi connectivity index (χ2v) is 5.14. The van der Waals surface area contributed by atoms with Crippen LogP contribution in [0.4, 0.5) is 4.39 Å². The monoisotopic (exact) mass is 316 g/mol. The molecule has 23 heavy (non-hydrogen) atoms.